The van der Waals surface area contributed by atoms with E-state index in [1.165, 1.54) is 12.4 Å². The lowest BCUT2D eigenvalue weighted by atomic mass is 10.3. The first kappa shape index (κ1) is 11.4. The molecule has 0 aliphatic heterocycles. The van der Waals surface area contributed by atoms with Crippen LogP contribution in [0.4, 0.5) is 0 Å². The van der Waals surface area contributed by atoms with Crippen LogP contribution in [0.2, 0.25) is 0 Å². The Balaban J connectivity index is 2.39. The van der Waals surface area contributed by atoms with Gasteiger partial charge in [0.25, 0.3) is 0 Å². The van der Waals surface area contributed by atoms with Crippen molar-refractivity contribution in [1.29, 1.82) is 0 Å². The fraction of sp³-hybridized carbons (Fsp3) is 0.500. The predicted octanol–water partition coefficient (Wildman–Crippen LogP) is 1.74. The van der Waals surface area contributed by atoms with Crippen LogP contribution in [-0.2, 0) is 0 Å². The number of rotatable bonds is 6. The molecule has 0 saturated carbocycles. The summed E-state index contributed by atoms with van der Waals surface area (Å²) < 4.78 is 5.28. The predicted molar refractivity (Wildman–Crippen MR) is 54.0 cm³/mol. The van der Waals surface area contributed by atoms with Crippen molar-refractivity contribution in [1.82, 2.24) is 9.97 Å². The molecule has 82 valence electrons. The summed E-state index contributed by atoms with van der Waals surface area (Å²) in [4.78, 5) is 18.0. The first-order valence-electron chi connectivity index (χ1n) is 4.92. The molecule has 0 saturated heterocycles. The van der Waals surface area contributed by atoms with E-state index in [-0.39, 0.29) is 5.69 Å². The van der Waals surface area contributed by atoms with Gasteiger partial charge in [0, 0.05) is 0 Å². The summed E-state index contributed by atoms with van der Waals surface area (Å²) in [6.45, 7) is 2.70. The Kier molecular flexibility index (Phi) is 4.53. The highest BCUT2D eigenvalue weighted by Crippen LogP contribution is 2.05. The smallest absolute Gasteiger partial charge is 0.356 e. The second-order valence-corrected chi connectivity index (χ2v) is 3.10. The van der Waals surface area contributed by atoms with Crippen LogP contribution in [0.3, 0.4) is 0 Å². The normalized spacial score (nSPS) is 9.93. The van der Waals surface area contributed by atoms with Crippen LogP contribution < -0.4 is 4.74 Å². The van der Waals surface area contributed by atoms with Crippen molar-refractivity contribution >= 4 is 5.97 Å². The number of carboxylic acids is 1. The molecule has 0 aliphatic rings. The van der Waals surface area contributed by atoms with Gasteiger partial charge < -0.3 is 9.84 Å². The van der Waals surface area contributed by atoms with Gasteiger partial charge in [0.2, 0.25) is 5.88 Å². The molecule has 0 atom stereocenters. The first-order valence-corrected chi connectivity index (χ1v) is 4.92. The highest BCUT2D eigenvalue weighted by atomic mass is 16.5. The van der Waals surface area contributed by atoms with Gasteiger partial charge in [-0.25, -0.2) is 14.8 Å². The number of carboxylic acid groups (broad SMARTS) is 1. The summed E-state index contributed by atoms with van der Waals surface area (Å²) in [5.41, 5.74) is -0.0732. The molecule has 1 aromatic heterocycles. The Morgan fingerprint density at radius 1 is 1.40 bits per heavy atom. The van der Waals surface area contributed by atoms with Crippen LogP contribution in [0.1, 0.15) is 36.7 Å². The molecule has 1 rings (SSSR count). The third-order valence-electron chi connectivity index (χ3n) is 1.85. The zero-order chi connectivity index (χ0) is 11.1. The highest BCUT2D eigenvalue weighted by Gasteiger charge is 2.04. The van der Waals surface area contributed by atoms with E-state index in [2.05, 4.69) is 16.9 Å². The minimum Gasteiger partial charge on any atom is -0.477 e. The van der Waals surface area contributed by atoms with Crippen molar-refractivity contribution in [2.45, 2.75) is 26.2 Å². The van der Waals surface area contributed by atoms with Crippen LogP contribution in [0, 0.1) is 0 Å². The second kappa shape index (κ2) is 5.95. The van der Waals surface area contributed by atoms with E-state index in [4.69, 9.17) is 9.84 Å². The molecule has 0 bridgehead atoms. The van der Waals surface area contributed by atoms with E-state index >= 15 is 0 Å². The minimum atomic E-state index is -1.08. The van der Waals surface area contributed by atoms with Gasteiger partial charge in [0.15, 0.2) is 5.69 Å². The number of aromatic carboxylic acids is 1. The molecule has 0 amide bonds. The Bertz CT molecular complexity index is 311. The monoisotopic (exact) mass is 210 g/mol. The Morgan fingerprint density at radius 2 is 2.20 bits per heavy atom. The summed E-state index contributed by atoms with van der Waals surface area (Å²) in [7, 11) is 0. The van der Waals surface area contributed by atoms with Crippen LogP contribution >= 0.6 is 0 Å². The lowest BCUT2D eigenvalue weighted by Gasteiger charge is -2.03. The van der Waals surface area contributed by atoms with E-state index in [0.29, 0.717) is 12.5 Å². The largest absolute Gasteiger partial charge is 0.477 e. The number of hydrogen-bond donors (Lipinski definition) is 1. The van der Waals surface area contributed by atoms with Gasteiger partial charge in [0.05, 0.1) is 19.0 Å². The van der Waals surface area contributed by atoms with Gasteiger partial charge in [-0.2, -0.15) is 0 Å². The van der Waals surface area contributed by atoms with Crippen molar-refractivity contribution in [3.05, 3.63) is 18.1 Å². The molecule has 0 fully saturated rings. The topological polar surface area (TPSA) is 72.3 Å². The van der Waals surface area contributed by atoms with Crippen molar-refractivity contribution in [3.63, 3.8) is 0 Å². The average Bonchev–Trinajstić information content (AvgIpc) is 2.25. The SMILES string of the molecule is CCCCCOc1cnc(C(=O)O)cn1. The summed E-state index contributed by atoms with van der Waals surface area (Å²) in [6, 6.07) is 0. The molecule has 1 N–H and O–H groups in total. The number of carbonyl (C=O) groups is 1. The zero-order valence-electron chi connectivity index (χ0n) is 8.64. The van der Waals surface area contributed by atoms with Gasteiger partial charge in [-0.15, -0.1) is 0 Å². The molecule has 5 heteroatoms. The van der Waals surface area contributed by atoms with Crippen molar-refractivity contribution in [2.75, 3.05) is 6.61 Å². The molecule has 0 unspecified atom stereocenters. The van der Waals surface area contributed by atoms with Gasteiger partial charge in [-0.3, -0.25) is 0 Å². The Labute approximate surface area is 88.1 Å². The van der Waals surface area contributed by atoms with Crippen LogP contribution in [0.5, 0.6) is 5.88 Å². The molecule has 5 nitrogen and oxygen atoms in total. The number of aromatic nitrogens is 2. The molecule has 0 radical (unpaired) electrons. The van der Waals surface area contributed by atoms with Crippen LogP contribution in [-0.4, -0.2) is 27.7 Å². The van der Waals surface area contributed by atoms with Gasteiger partial charge in [-0.05, 0) is 6.42 Å². The maximum atomic E-state index is 10.5. The summed E-state index contributed by atoms with van der Waals surface area (Å²) >= 11 is 0. The quantitative estimate of drug-likeness (QED) is 0.724. The number of hydrogen-bond acceptors (Lipinski definition) is 4. The van der Waals surface area contributed by atoms with Gasteiger partial charge >= 0.3 is 5.97 Å². The molecular weight excluding hydrogens is 196 g/mol. The Hall–Kier alpha value is -1.65. The van der Waals surface area contributed by atoms with E-state index in [9.17, 15) is 4.79 Å². The van der Waals surface area contributed by atoms with Crippen LogP contribution in [0.25, 0.3) is 0 Å². The molecule has 0 aliphatic carbocycles. The van der Waals surface area contributed by atoms with Gasteiger partial charge in [-0.1, -0.05) is 19.8 Å². The van der Waals surface area contributed by atoms with E-state index in [1.807, 2.05) is 0 Å². The third-order valence-corrected chi connectivity index (χ3v) is 1.85. The molecular formula is C10H14N2O3. The Morgan fingerprint density at radius 3 is 2.73 bits per heavy atom. The fourth-order valence-electron chi connectivity index (χ4n) is 1.03. The maximum Gasteiger partial charge on any atom is 0.356 e. The van der Waals surface area contributed by atoms with Crippen LogP contribution in [0.15, 0.2) is 12.4 Å². The zero-order valence-corrected chi connectivity index (χ0v) is 8.64. The molecule has 15 heavy (non-hydrogen) atoms. The summed E-state index contributed by atoms with van der Waals surface area (Å²) in [5, 5.41) is 8.58. The van der Waals surface area contributed by atoms with Crippen molar-refractivity contribution < 1.29 is 14.6 Å². The molecule has 1 aromatic rings. The number of ether oxygens (including phenoxy) is 1. The first-order chi connectivity index (χ1) is 7.24. The van der Waals surface area contributed by atoms with Crippen molar-refractivity contribution in [3.8, 4) is 5.88 Å². The van der Waals surface area contributed by atoms with E-state index in [0.717, 1.165) is 19.3 Å². The lowest BCUT2D eigenvalue weighted by Crippen LogP contribution is -2.03. The number of unbranched alkanes of at least 4 members (excludes halogenated alkanes) is 2. The fourth-order valence-corrected chi connectivity index (χ4v) is 1.03. The van der Waals surface area contributed by atoms with Gasteiger partial charge in [0.1, 0.15) is 0 Å². The lowest BCUT2D eigenvalue weighted by molar-refractivity contribution is 0.0689. The second-order valence-electron chi connectivity index (χ2n) is 3.10. The van der Waals surface area contributed by atoms with E-state index in [1.54, 1.807) is 0 Å². The summed E-state index contributed by atoms with van der Waals surface area (Å²) in [6.07, 6.45) is 5.74. The average molecular weight is 210 g/mol. The van der Waals surface area contributed by atoms with E-state index < -0.39 is 5.97 Å². The summed E-state index contributed by atoms with van der Waals surface area (Å²) in [5.74, 6) is -0.712. The molecule has 1 heterocycles. The highest BCUT2D eigenvalue weighted by molar-refractivity contribution is 5.84. The van der Waals surface area contributed by atoms with Crippen molar-refractivity contribution in [2.24, 2.45) is 0 Å². The molecule has 0 spiro atoms. The maximum absolute atomic E-state index is 10.5. The third kappa shape index (κ3) is 3.93. The minimum absolute atomic E-state index is 0.0732. The number of nitrogens with zero attached hydrogens (tertiary/aromatic N) is 2. The molecule has 0 aromatic carbocycles. The standard InChI is InChI=1S/C10H14N2O3/c1-2-3-4-5-15-9-7-11-8(6-12-9)10(13)14/h6-7H,2-5H2,1H3,(H,13,14).